The lowest BCUT2D eigenvalue weighted by atomic mass is 10.1. The van der Waals surface area contributed by atoms with Crippen molar-refractivity contribution >= 4 is 0 Å². The van der Waals surface area contributed by atoms with E-state index in [0.29, 0.717) is 6.04 Å². The molecular weight excluding hydrogens is 150 g/mol. The molecule has 2 nitrogen and oxygen atoms in total. The molecule has 1 atom stereocenters. The van der Waals surface area contributed by atoms with Crippen LogP contribution in [0.1, 0.15) is 47.0 Å². The lowest BCUT2D eigenvalue weighted by Crippen LogP contribution is -2.24. The zero-order chi connectivity index (χ0) is 9.61. The van der Waals surface area contributed by atoms with Gasteiger partial charge in [0.15, 0.2) is 0 Å². The van der Waals surface area contributed by atoms with E-state index in [1.54, 1.807) is 0 Å². The molecule has 0 aromatic heterocycles. The molecule has 0 amide bonds. The van der Waals surface area contributed by atoms with Crippen LogP contribution in [0.25, 0.3) is 0 Å². The van der Waals surface area contributed by atoms with E-state index in [2.05, 4.69) is 20.8 Å². The number of hydrogen-bond donors (Lipinski definition) is 1. The van der Waals surface area contributed by atoms with E-state index in [-0.39, 0.29) is 5.60 Å². The highest BCUT2D eigenvalue weighted by Crippen LogP contribution is 2.13. The van der Waals surface area contributed by atoms with Crippen LogP contribution in [0.5, 0.6) is 0 Å². The van der Waals surface area contributed by atoms with E-state index in [9.17, 15) is 0 Å². The van der Waals surface area contributed by atoms with Gasteiger partial charge < -0.3 is 10.5 Å². The number of hydrogen-bond acceptors (Lipinski definition) is 2. The van der Waals surface area contributed by atoms with Gasteiger partial charge in [-0.15, -0.1) is 0 Å². The molecule has 0 spiro atoms. The largest absolute Gasteiger partial charge is 0.376 e. The first kappa shape index (κ1) is 11.9. The molecule has 0 radical (unpaired) electrons. The molecule has 0 rings (SSSR count). The maximum absolute atomic E-state index is 5.67. The molecule has 0 aliphatic carbocycles. The van der Waals surface area contributed by atoms with Gasteiger partial charge in [-0.25, -0.2) is 0 Å². The summed E-state index contributed by atoms with van der Waals surface area (Å²) in [5.74, 6) is 0. The molecule has 0 aliphatic heterocycles. The third kappa shape index (κ3) is 6.62. The Bertz CT molecular complexity index is 110. The van der Waals surface area contributed by atoms with Crippen molar-refractivity contribution in [2.45, 2.75) is 58.6 Å². The third-order valence-electron chi connectivity index (χ3n) is 2.15. The zero-order valence-corrected chi connectivity index (χ0v) is 8.89. The van der Waals surface area contributed by atoms with Crippen LogP contribution in [0.4, 0.5) is 0 Å². The fourth-order valence-electron chi connectivity index (χ4n) is 0.856. The first-order chi connectivity index (χ1) is 5.48. The van der Waals surface area contributed by atoms with Crippen LogP contribution >= 0.6 is 0 Å². The molecule has 74 valence electrons. The van der Waals surface area contributed by atoms with E-state index in [4.69, 9.17) is 10.5 Å². The maximum atomic E-state index is 5.67. The van der Waals surface area contributed by atoms with E-state index < -0.39 is 0 Å². The summed E-state index contributed by atoms with van der Waals surface area (Å²) in [4.78, 5) is 0. The second kappa shape index (κ2) is 5.55. The zero-order valence-electron chi connectivity index (χ0n) is 8.89. The van der Waals surface area contributed by atoms with Crippen LogP contribution < -0.4 is 5.73 Å². The van der Waals surface area contributed by atoms with E-state index in [0.717, 1.165) is 25.9 Å². The minimum Gasteiger partial charge on any atom is -0.376 e. The molecule has 2 heteroatoms. The van der Waals surface area contributed by atoms with Crippen molar-refractivity contribution in [3.63, 3.8) is 0 Å². The van der Waals surface area contributed by atoms with Crippen LogP contribution in [-0.4, -0.2) is 18.2 Å². The first-order valence-electron chi connectivity index (χ1n) is 4.87. The fraction of sp³-hybridized carbons (Fsp3) is 1.00. The molecule has 0 bridgehead atoms. The van der Waals surface area contributed by atoms with Gasteiger partial charge in [-0.05, 0) is 40.0 Å². The molecule has 0 saturated carbocycles. The summed E-state index contributed by atoms with van der Waals surface area (Å²) in [6.07, 6.45) is 3.19. The molecule has 0 saturated heterocycles. The Morgan fingerprint density at radius 2 is 2.00 bits per heavy atom. The number of ether oxygens (including phenoxy) is 1. The van der Waals surface area contributed by atoms with Crippen LogP contribution in [0.3, 0.4) is 0 Å². The molecule has 12 heavy (non-hydrogen) atoms. The van der Waals surface area contributed by atoms with Crippen molar-refractivity contribution < 1.29 is 4.74 Å². The van der Waals surface area contributed by atoms with Gasteiger partial charge in [0.05, 0.1) is 5.60 Å². The van der Waals surface area contributed by atoms with Crippen LogP contribution in [0.15, 0.2) is 0 Å². The fourth-order valence-corrected chi connectivity index (χ4v) is 0.856. The predicted octanol–water partition coefficient (Wildman–Crippen LogP) is 2.32. The summed E-state index contributed by atoms with van der Waals surface area (Å²) < 4.78 is 5.67. The summed E-state index contributed by atoms with van der Waals surface area (Å²) in [5.41, 5.74) is 5.66. The topological polar surface area (TPSA) is 35.2 Å². The second-order valence-corrected chi connectivity index (χ2v) is 4.08. The lowest BCUT2D eigenvalue weighted by molar-refractivity contribution is -0.0218. The summed E-state index contributed by atoms with van der Waals surface area (Å²) in [6, 6.07) is 0.304. The van der Waals surface area contributed by atoms with Crippen molar-refractivity contribution in [3.8, 4) is 0 Å². The highest BCUT2D eigenvalue weighted by molar-refractivity contribution is 4.65. The van der Waals surface area contributed by atoms with Crippen LogP contribution in [-0.2, 0) is 4.74 Å². The quantitative estimate of drug-likeness (QED) is 0.626. The van der Waals surface area contributed by atoms with E-state index in [1.807, 2.05) is 6.92 Å². The van der Waals surface area contributed by atoms with Crippen LogP contribution in [0.2, 0.25) is 0 Å². The standard InChI is InChI=1S/C10H23NO/c1-5-10(3,4)12-8-6-7-9(2)11/h9H,5-8,11H2,1-4H3. The molecular formula is C10H23NO. The predicted molar refractivity (Wildman–Crippen MR) is 53.2 cm³/mol. The normalized spacial score (nSPS) is 14.8. The molecule has 1 unspecified atom stereocenters. The van der Waals surface area contributed by atoms with Gasteiger partial charge in [0.1, 0.15) is 0 Å². The van der Waals surface area contributed by atoms with Crippen LogP contribution in [0, 0.1) is 0 Å². The van der Waals surface area contributed by atoms with E-state index in [1.165, 1.54) is 0 Å². The molecule has 0 heterocycles. The van der Waals surface area contributed by atoms with E-state index >= 15 is 0 Å². The number of rotatable bonds is 6. The second-order valence-electron chi connectivity index (χ2n) is 4.08. The minimum absolute atomic E-state index is 0.0395. The average Bonchev–Trinajstić information content (AvgIpc) is 1.98. The summed E-state index contributed by atoms with van der Waals surface area (Å²) >= 11 is 0. The number of nitrogens with two attached hydrogens (primary N) is 1. The monoisotopic (exact) mass is 173 g/mol. The Hall–Kier alpha value is -0.0800. The maximum Gasteiger partial charge on any atom is 0.0623 e. The van der Waals surface area contributed by atoms with Crippen molar-refractivity contribution in [2.75, 3.05) is 6.61 Å². The molecule has 0 fully saturated rings. The van der Waals surface area contributed by atoms with Crippen molar-refractivity contribution in [2.24, 2.45) is 5.73 Å². The smallest absolute Gasteiger partial charge is 0.0623 e. The summed E-state index contributed by atoms with van der Waals surface area (Å²) in [5, 5.41) is 0. The molecule has 0 aliphatic rings. The van der Waals surface area contributed by atoms with Gasteiger partial charge in [-0.2, -0.15) is 0 Å². The Balaban J connectivity index is 3.31. The molecule has 2 N–H and O–H groups in total. The highest BCUT2D eigenvalue weighted by atomic mass is 16.5. The highest BCUT2D eigenvalue weighted by Gasteiger charge is 2.14. The Labute approximate surface area is 76.5 Å². The summed E-state index contributed by atoms with van der Waals surface area (Å²) in [7, 11) is 0. The summed E-state index contributed by atoms with van der Waals surface area (Å²) in [6.45, 7) is 9.26. The van der Waals surface area contributed by atoms with Gasteiger partial charge in [0, 0.05) is 12.6 Å². The SMILES string of the molecule is CCC(C)(C)OCCCC(C)N. The Morgan fingerprint density at radius 3 is 2.42 bits per heavy atom. The van der Waals surface area contributed by atoms with Gasteiger partial charge in [0.25, 0.3) is 0 Å². The molecule has 0 aromatic carbocycles. The van der Waals surface area contributed by atoms with Gasteiger partial charge in [0.2, 0.25) is 0 Å². The van der Waals surface area contributed by atoms with Gasteiger partial charge in [-0.3, -0.25) is 0 Å². The Kier molecular flexibility index (Phi) is 5.51. The average molecular weight is 173 g/mol. The first-order valence-corrected chi connectivity index (χ1v) is 4.87. The minimum atomic E-state index is 0.0395. The van der Waals surface area contributed by atoms with Crippen molar-refractivity contribution in [1.82, 2.24) is 0 Å². The van der Waals surface area contributed by atoms with Gasteiger partial charge >= 0.3 is 0 Å². The van der Waals surface area contributed by atoms with Crippen molar-refractivity contribution in [3.05, 3.63) is 0 Å². The van der Waals surface area contributed by atoms with Crippen molar-refractivity contribution in [1.29, 1.82) is 0 Å². The lowest BCUT2D eigenvalue weighted by Gasteiger charge is -2.23. The third-order valence-corrected chi connectivity index (χ3v) is 2.15. The molecule has 0 aromatic rings. The Morgan fingerprint density at radius 1 is 1.42 bits per heavy atom. The van der Waals surface area contributed by atoms with Gasteiger partial charge in [-0.1, -0.05) is 6.92 Å².